The molecular formula is C13H19BrN2O2S. The minimum atomic E-state index is -2.85. The van der Waals surface area contributed by atoms with Crippen LogP contribution in [0.5, 0.6) is 0 Å². The molecule has 1 saturated heterocycles. The number of hydrogen-bond acceptors (Lipinski definition) is 4. The van der Waals surface area contributed by atoms with Gasteiger partial charge in [0.1, 0.15) is 0 Å². The van der Waals surface area contributed by atoms with Crippen LogP contribution in [0.25, 0.3) is 0 Å². The van der Waals surface area contributed by atoms with E-state index in [2.05, 4.69) is 20.8 Å². The fourth-order valence-corrected chi connectivity index (χ4v) is 4.01. The summed E-state index contributed by atoms with van der Waals surface area (Å²) in [4.78, 5) is 2.18. The summed E-state index contributed by atoms with van der Waals surface area (Å²) >= 11 is 3.42. The Morgan fingerprint density at radius 3 is 2.21 bits per heavy atom. The standard InChI is InChI=1S/C13H19BrN2O2S/c1-10(15)13(11-2-4-12(14)5-3-11)16-6-8-19(17,18)9-7-16/h2-5,10,13H,6-9,15H2,1H3. The summed E-state index contributed by atoms with van der Waals surface area (Å²) in [5, 5.41) is 0. The minimum absolute atomic E-state index is 0.0398. The van der Waals surface area contributed by atoms with Crippen molar-refractivity contribution in [3.05, 3.63) is 34.3 Å². The molecule has 0 aromatic heterocycles. The molecule has 1 aliphatic rings. The summed E-state index contributed by atoms with van der Waals surface area (Å²) in [5.74, 6) is 0.458. The van der Waals surface area contributed by atoms with E-state index >= 15 is 0 Å². The lowest BCUT2D eigenvalue weighted by atomic mass is 9.99. The zero-order valence-corrected chi connectivity index (χ0v) is 13.3. The molecule has 2 atom stereocenters. The highest BCUT2D eigenvalue weighted by atomic mass is 79.9. The van der Waals surface area contributed by atoms with Gasteiger partial charge in [0.15, 0.2) is 9.84 Å². The van der Waals surface area contributed by atoms with Crippen molar-refractivity contribution >= 4 is 25.8 Å². The Hall–Kier alpha value is -0.430. The van der Waals surface area contributed by atoms with Crippen molar-refractivity contribution < 1.29 is 8.42 Å². The SMILES string of the molecule is CC(N)C(c1ccc(Br)cc1)N1CCS(=O)(=O)CC1. The zero-order chi connectivity index (χ0) is 14.0. The molecule has 19 heavy (non-hydrogen) atoms. The van der Waals surface area contributed by atoms with Gasteiger partial charge in [-0.3, -0.25) is 4.90 Å². The largest absolute Gasteiger partial charge is 0.326 e. The minimum Gasteiger partial charge on any atom is -0.326 e. The summed E-state index contributed by atoms with van der Waals surface area (Å²) in [5.41, 5.74) is 7.24. The van der Waals surface area contributed by atoms with E-state index in [0.29, 0.717) is 13.1 Å². The molecule has 2 rings (SSSR count). The van der Waals surface area contributed by atoms with Crippen molar-refractivity contribution in [1.82, 2.24) is 4.90 Å². The van der Waals surface area contributed by atoms with Gasteiger partial charge in [-0.1, -0.05) is 28.1 Å². The van der Waals surface area contributed by atoms with Gasteiger partial charge in [-0.15, -0.1) is 0 Å². The molecule has 1 aromatic carbocycles. The molecule has 1 aliphatic heterocycles. The maximum absolute atomic E-state index is 11.5. The van der Waals surface area contributed by atoms with Crippen molar-refractivity contribution in [2.45, 2.75) is 19.0 Å². The number of rotatable bonds is 3. The van der Waals surface area contributed by atoms with Crippen LogP contribution in [0.4, 0.5) is 0 Å². The molecule has 1 aromatic rings. The summed E-state index contributed by atoms with van der Waals surface area (Å²) in [7, 11) is -2.85. The third kappa shape index (κ3) is 3.78. The molecule has 0 amide bonds. The van der Waals surface area contributed by atoms with Crippen LogP contribution in [0.3, 0.4) is 0 Å². The lowest BCUT2D eigenvalue weighted by Gasteiger charge is -2.36. The highest BCUT2D eigenvalue weighted by Crippen LogP contribution is 2.26. The van der Waals surface area contributed by atoms with Crippen molar-refractivity contribution in [1.29, 1.82) is 0 Å². The van der Waals surface area contributed by atoms with Gasteiger partial charge >= 0.3 is 0 Å². The third-order valence-corrected chi connectivity index (χ3v) is 5.62. The van der Waals surface area contributed by atoms with E-state index in [0.717, 1.165) is 10.0 Å². The van der Waals surface area contributed by atoms with Crippen LogP contribution in [0, 0.1) is 0 Å². The van der Waals surface area contributed by atoms with Gasteiger partial charge in [-0.2, -0.15) is 0 Å². The molecule has 2 N–H and O–H groups in total. The summed E-state index contributed by atoms with van der Waals surface area (Å²) in [6.07, 6.45) is 0. The van der Waals surface area contributed by atoms with Gasteiger partial charge < -0.3 is 5.73 Å². The zero-order valence-electron chi connectivity index (χ0n) is 10.9. The Morgan fingerprint density at radius 1 is 1.21 bits per heavy atom. The Balaban J connectivity index is 2.19. The summed E-state index contributed by atoms with van der Waals surface area (Å²) in [6, 6.07) is 8.10. The van der Waals surface area contributed by atoms with Gasteiger partial charge in [-0.05, 0) is 24.6 Å². The summed E-state index contributed by atoms with van der Waals surface area (Å²) in [6.45, 7) is 3.09. The van der Waals surface area contributed by atoms with Crippen molar-refractivity contribution in [3.63, 3.8) is 0 Å². The first-order valence-corrected chi connectivity index (χ1v) is 8.96. The Bertz CT molecular complexity index is 514. The molecule has 0 aliphatic carbocycles. The first kappa shape index (κ1) is 15.0. The van der Waals surface area contributed by atoms with E-state index in [1.807, 2.05) is 31.2 Å². The lowest BCUT2D eigenvalue weighted by Crippen LogP contribution is -2.47. The number of sulfone groups is 1. The number of nitrogens with zero attached hydrogens (tertiary/aromatic N) is 1. The smallest absolute Gasteiger partial charge is 0.152 e. The summed E-state index contributed by atoms with van der Waals surface area (Å²) < 4.78 is 24.0. The van der Waals surface area contributed by atoms with Crippen LogP contribution in [0.15, 0.2) is 28.7 Å². The molecule has 1 fully saturated rings. The average Bonchev–Trinajstić information content (AvgIpc) is 2.33. The van der Waals surface area contributed by atoms with E-state index in [1.165, 1.54) is 0 Å². The van der Waals surface area contributed by atoms with Gasteiger partial charge in [0.2, 0.25) is 0 Å². The predicted octanol–water partition coefficient (Wildman–Crippen LogP) is 1.57. The number of benzene rings is 1. The fourth-order valence-electron chi connectivity index (χ4n) is 2.51. The first-order chi connectivity index (χ1) is 8.89. The van der Waals surface area contributed by atoms with Crippen LogP contribution >= 0.6 is 15.9 Å². The van der Waals surface area contributed by atoms with Gasteiger partial charge in [-0.25, -0.2) is 8.42 Å². The lowest BCUT2D eigenvalue weighted by molar-refractivity contribution is 0.191. The van der Waals surface area contributed by atoms with E-state index in [-0.39, 0.29) is 23.6 Å². The number of hydrogen-bond donors (Lipinski definition) is 1. The van der Waals surface area contributed by atoms with E-state index in [4.69, 9.17) is 5.73 Å². The normalized spacial score (nSPS) is 22.9. The maximum atomic E-state index is 11.5. The van der Waals surface area contributed by atoms with Crippen LogP contribution in [-0.2, 0) is 9.84 Å². The van der Waals surface area contributed by atoms with Crippen molar-refractivity contribution in [2.75, 3.05) is 24.6 Å². The van der Waals surface area contributed by atoms with Gasteiger partial charge in [0, 0.05) is 29.6 Å². The molecule has 6 heteroatoms. The number of halogens is 1. The first-order valence-electron chi connectivity index (χ1n) is 6.34. The van der Waals surface area contributed by atoms with Crippen LogP contribution in [-0.4, -0.2) is 44.0 Å². The molecule has 1 heterocycles. The monoisotopic (exact) mass is 346 g/mol. The van der Waals surface area contributed by atoms with Crippen LogP contribution in [0.2, 0.25) is 0 Å². The van der Waals surface area contributed by atoms with Crippen molar-refractivity contribution in [2.24, 2.45) is 5.73 Å². The molecule has 0 spiro atoms. The molecule has 0 bridgehead atoms. The third-order valence-electron chi connectivity index (χ3n) is 3.48. The highest BCUT2D eigenvalue weighted by molar-refractivity contribution is 9.10. The molecular weight excluding hydrogens is 328 g/mol. The van der Waals surface area contributed by atoms with E-state index in [1.54, 1.807) is 0 Å². The Kier molecular flexibility index (Phi) is 4.66. The number of nitrogens with two attached hydrogens (primary N) is 1. The predicted molar refractivity (Wildman–Crippen MR) is 80.8 cm³/mol. The molecule has 4 nitrogen and oxygen atoms in total. The highest BCUT2D eigenvalue weighted by Gasteiger charge is 2.29. The van der Waals surface area contributed by atoms with Gasteiger partial charge in [0.05, 0.1) is 11.5 Å². The second-order valence-electron chi connectivity index (χ2n) is 5.04. The maximum Gasteiger partial charge on any atom is 0.152 e. The molecule has 2 unspecified atom stereocenters. The fraction of sp³-hybridized carbons (Fsp3) is 0.538. The molecule has 0 radical (unpaired) electrons. The Labute approximate surface area is 123 Å². The van der Waals surface area contributed by atoms with E-state index in [9.17, 15) is 8.42 Å². The van der Waals surface area contributed by atoms with Crippen molar-refractivity contribution in [3.8, 4) is 0 Å². The Morgan fingerprint density at radius 2 is 1.74 bits per heavy atom. The van der Waals surface area contributed by atoms with Crippen LogP contribution in [0.1, 0.15) is 18.5 Å². The quantitative estimate of drug-likeness (QED) is 0.902. The topological polar surface area (TPSA) is 63.4 Å². The van der Waals surface area contributed by atoms with Gasteiger partial charge in [0.25, 0.3) is 0 Å². The second kappa shape index (κ2) is 5.91. The van der Waals surface area contributed by atoms with Crippen LogP contribution < -0.4 is 5.73 Å². The second-order valence-corrected chi connectivity index (χ2v) is 8.26. The molecule has 106 valence electrons. The average molecular weight is 347 g/mol. The molecule has 0 saturated carbocycles. The van der Waals surface area contributed by atoms with E-state index < -0.39 is 9.84 Å².